The molecule has 0 heterocycles. The van der Waals surface area contributed by atoms with Gasteiger partial charge in [-0.1, -0.05) is 6.92 Å². The molecule has 64 valence electrons. The van der Waals surface area contributed by atoms with Crippen molar-refractivity contribution in [1.82, 2.24) is 11.6 Å². The quantitative estimate of drug-likeness (QED) is 0.495. The Morgan fingerprint density at radius 3 is 2.40 bits per heavy atom. The van der Waals surface area contributed by atoms with Gasteiger partial charge in [-0.15, -0.1) is 0 Å². The van der Waals surface area contributed by atoms with Gasteiger partial charge in [0.05, 0.1) is 6.61 Å². The molecule has 0 aromatic rings. The molecule has 10 heavy (non-hydrogen) atoms. The van der Waals surface area contributed by atoms with E-state index in [1.165, 1.54) is 0 Å². The van der Waals surface area contributed by atoms with Gasteiger partial charge in [0.15, 0.2) is 0 Å². The van der Waals surface area contributed by atoms with Gasteiger partial charge in [0.25, 0.3) is 0 Å². The lowest BCUT2D eigenvalue weighted by Gasteiger charge is -2.12. The molecule has 0 saturated carbocycles. The molecule has 0 aromatic carbocycles. The zero-order chi connectivity index (χ0) is 7.11. The third kappa shape index (κ3) is 5.97. The van der Waals surface area contributed by atoms with Crippen LogP contribution in [0.15, 0.2) is 0 Å². The average molecular weight is 149 g/mol. The van der Waals surface area contributed by atoms with E-state index in [4.69, 9.17) is 10.6 Å². The molecule has 0 aromatic heterocycles. The molecule has 1 atom stereocenters. The van der Waals surface area contributed by atoms with Crippen LogP contribution < -0.4 is 17.4 Å². The van der Waals surface area contributed by atoms with Gasteiger partial charge in [-0.3, -0.25) is 0 Å². The Kier molecular flexibility index (Phi) is 11.1. The van der Waals surface area contributed by atoms with Gasteiger partial charge < -0.3 is 16.7 Å². The van der Waals surface area contributed by atoms with Gasteiger partial charge in [0, 0.05) is 12.6 Å². The first-order chi connectivity index (χ1) is 4.35. The summed E-state index contributed by atoms with van der Waals surface area (Å²) in [5, 5.41) is 0. The van der Waals surface area contributed by atoms with E-state index in [-0.39, 0.29) is 6.15 Å². The third-order valence-electron chi connectivity index (χ3n) is 1.17. The van der Waals surface area contributed by atoms with Crippen LogP contribution in [0.25, 0.3) is 0 Å². The molecule has 4 nitrogen and oxygen atoms in total. The minimum Gasteiger partial charge on any atom is -0.344 e. The van der Waals surface area contributed by atoms with Gasteiger partial charge in [-0.25, -0.2) is 0 Å². The number of rotatable bonds is 5. The molecule has 4 heteroatoms. The van der Waals surface area contributed by atoms with Gasteiger partial charge in [0.1, 0.15) is 0 Å². The molecule has 0 rings (SSSR count). The number of nitrogens with one attached hydrogen (secondary N) is 1. The molecule has 0 fully saturated rings. The lowest BCUT2D eigenvalue weighted by molar-refractivity contribution is 0.0257. The fourth-order valence-electron chi connectivity index (χ4n) is 0.499. The van der Waals surface area contributed by atoms with E-state index in [0.717, 1.165) is 6.42 Å². The Balaban J connectivity index is 0. The standard InChI is InChI=1S/C6H16N2O.H3N/c1-3-6(5-7)8-9-4-2;/h6,8H,3-5,7H2,1-2H3;1H3. The van der Waals surface area contributed by atoms with E-state index in [1.807, 2.05) is 6.92 Å². The van der Waals surface area contributed by atoms with Crippen LogP contribution in [0.3, 0.4) is 0 Å². The lowest BCUT2D eigenvalue weighted by Crippen LogP contribution is -2.35. The second-order valence-corrected chi connectivity index (χ2v) is 1.89. The van der Waals surface area contributed by atoms with Crippen LogP contribution in [0.4, 0.5) is 0 Å². The molecule has 0 amide bonds. The molecule has 0 aliphatic carbocycles. The predicted molar refractivity (Wildman–Crippen MR) is 42.9 cm³/mol. The summed E-state index contributed by atoms with van der Waals surface area (Å²) >= 11 is 0. The first-order valence-electron chi connectivity index (χ1n) is 3.42. The van der Waals surface area contributed by atoms with E-state index in [2.05, 4.69) is 12.4 Å². The Hall–Kier alpha value is -0.160. The van der Waals surface area contributed by atoms with Crippen molar-refractivity contribution in [2.24, 2.45) is 5.73 Å². The molecular weight excluding hydrogens is 130 g/mol. The molecular formula is C6H19N3O. The van der Waals surface area contributed by atoms with Gasteiger partial charge in [-0.2, -0.15) is 5.48 Å². The highest BCUT2D eigenvalue weighted by Gasteiger charge is 1.99. The van der Waals surface area contributed by atoms with E-state index >= 15 is 0 Å². The molecule has 0 aliphatic heterocycles. The summed E-state index contributed by atoms with van der Waals surface area (Å²) in [5.41, 5.74) is 8.23. The van der Waals surface area contributed by atoms with Crippen LogP contribution in [0.5, 0.6) is 0 Å². The van der Waals surface area contributed by atoms with Crippen LogP contribution in [0.2, 0.25) is 0 Å². The van der Waals surface area contributed by atoms with Crippen molar-refractivity contribution in [3.05, 3.63) is 0 Å². The summed E-state index contributed by atoms with van der Waals surface area (Å²) in [6.45, 7) is 5.34. The Morgan fingerprint density at radius 1 is 1.50 bits per heavy atom. The average Bonchev–Trinajstić information content (AvgIpc) is 1.91. The van der Waals surface area contributed by atoms with Crippen molar-refractivity contribution in [1.29, 1.82) is 0 Å². The maximum atomic E-state index is 5.38. The molecule has 0 bridgehead atoms. The van der Waals surface area contributed by atoms with Crippen molar-refractivity contribution < 1.29 is 4.84 Å². The minimum absolute atomic E-state index is 0. The highest BCUT2D eigenvalue weighted by Crippen LogP contribution is 1.85. The maximum Gasteiger partial charge on any atom is 0.0654 e. The second-order valence-electron chi connectivity index (χ2n) is 1.89. The monoisotopic (exact) mass is 149 g/mol. The topological polar surface area (TPSA) is 82.3 Å². The molecule has 0 radical (unpaired) electrons. The summed E-state index contributed by atoms with van der Waals surface area (Å²) < 4.78 is 0. The fraction of sp³-hybridized carbons (Fsp3) is 1.00. The van der Waals surface area contributed by atoms with Crippen molar-refractivity contribution >= 4 is 0 Å². The largest absolute Gasteiger partial charge is 0.344 e. The van der Waals surface area contributed by atoms with E-state index in [1.54, 1.807) is 0 Å². The Labute approximate surface area is 62.7 Å². The first-order valence-corrected chi connectivity index (χ1v) is 3.42. The smallest absolute Gasteiger partial charge is 0.0654 e. The van der Waals surface area contributed by atoms with Gasteiger partial charge >= 0.3 is 0 Å². The van der Waals surface area contributed by atoms with Gasteiger partial charge in [-0.05, 0) is 13.3 Å². The van der Waals surface area contributed by atoms with Crippen molar-refractivity contribution in [2.75, 3.05) is 13.2 Å². The summed E-state index contributed by atoms with van der Waals surface area (Å²) in [7, 11) is 0. The third-order valence-corrected chi connectivity index (χ3v) is 1.17. The molecule has 0 spiro atoms. The summed E-state index contributed by atoms with van der Waals surface area (Å²) in [6.07, 6.45) is 1.01. The van der Waals surface area contributed by atoms with Crippen molar-refractivity contribution in [3.63, 3.8) is 0 Å². The maximum absolute atomic E-state index is 5.38. The molecule has 1 unspecified atom stereocenters. The van der Waals surface area contributed by atoms with Crippen molar-refractivity contribution in [2.45, 2.75) is 26.3 Å². The summed E-state index contributed by atoms with van der Waals surface area (Å²) in [5.74, 6) is 0. The second kappa shape index (κ2) is 8.84. The lowest BCUT2D eigenvalue weighted by atomic mass is 10.2. The highest BCUT2D eigenvalue weighted by molar-refractivity contribution is 4.58. The minimum atomic E-state index is 0. The molecule has 0 aliphatic rings. The molecule has 0 saturated heterocycles. The molecule has 6 N–H and O–H groups in total. The van der Waals surface area contributed by atoms with Crippen molar-refractivity contribution in [3.8, 4) is 0 Å². The number of nitrogens with two attached hydrogens (primary N) is 1. The van der Waals surface area contributed by atoms with Crippen LogP contribution in [0.1, 0.15) is 20.3 Å². The van der Waals surface area contributed by atoms with Crippen LogP contribution in [0, 0.1) is 0 Å². The normalized spacial score (nSPS) is 12.3. The van der Waals surface area contributed by atoms with Crippen LogP contribution in [-0.2, 0) is 4.84 Å². The van der Waals surface area contributed by atoms with Crippen LogP contribution in [-0.4, -0.2) is 19.2 Å². The zero-order valence-corrected chi connectivity index (χ0v) is 6.89. The number of hydrogen-bond donors (Lipinski definition) is 3. The fourth-order valence-corrected chi connectivity index (χ4v) is 0.499. The highest BCUT2D eigenvalue weighted by atomic mass is 16.6. The van der Waals surface area contributed by atoms with E-state index in [0.29, 0.717) is 19.2 Å². The van der Waals surface area contributed by atoms with Gasteiger partial charge in [0.2, 0.25) is 0 Å². The van der Waals surface area contributed by atoms with E-state index < -0.39 is 0 Å². The van der Waals surface area contributed by atoms with Crippen LogP contribution >= 0.6 is 0 Å². The number of hydrogen-bond acceptors (Lipinski definition) is 4. The number of hydroxylamine groups is 1. The van der Waals surface area contributed by atoms with E-state index in [9.17, 15) is 0 Å². The predicted octanol–water partition coefficient (Wildman–Crippen LogP) is 0.427. The summed E-state index contributed by atoms with van der Waals surface area (Å²) in [4.78, 5) is 4.95. The Bertz CT molecular complexity index is 57.0. The SMILES string of the molecule is CCONC(CC)CN.N. The summed E-state index contributed by atoms with van der Waals surface area (Å²) in [6, 6.07) is 0.310. The zero-order valence-electron chi connectivity index (χ0n) is 6.89. The first kappa shape index (κ1) is 12.5. The Morgan fingerprint density at radius 2 is 2.10 bits per heavy atom.